The molecule has 0 radical (unpaired) electrons. The Balaban J connectivity index is 0.00000114. The van der Waals surface area contributed by atoms with Crippen molar-refractivity contribution in [3.05, 3.63) is 36.4 Å². The highest BCUT2D eigenvalue weighted by molar-refractivity contribution is 8.76. The number of carbonyl (C=O) groups excluding carboxylic acids is 3. The van der Waals surface area contributed by atoms with Crippen LogP contribution in [0.25, 0.3) is 0 Å². The lowest BCUT2D eigenvalue weighted by Crippen LogP contribution is -1.84. The van der Waals surface area contributed by atoms with E-state index in [1.807, 2.05) is 12.1 Å². The van der Waals surface area contributed by atoms with E-state index in [0.717, 1.165) is 15.9 Å². The molecule has 138 valence electrons. The van der Waals surface area contributed by atoms with Crippen LogP contribution in [0.4, 0.5) is 11.4 Å². The second-order valence-corrected chi connectivity index (χ2v) is 6.62. The Morgan fingerprint density at radius 3 is 1.48 bits per heavy atom. The minimum Gasteiger partial charge on any atom is -0.494 e. The number of hydrogen-bond donors (Lipinski definition) is 1. The fourth-order valence-corrected chi connectivity index (χ4v) is 3.77. The third-order valence-corrected chi connectivity index (χ3v) is 5.25. The molecule has 0 aliphatic carbocycles. The minimum atomic E-state index is 0.416. The molecule has 2 aromatic carbocycles. The van der Waals surface area contributed by atoms with E-state index in [0.29, 0.717) is 22.9 Å². The first-order valence-electron chi connectivity index (χ1n) is 7.03. The van der Waals surface area contributed by atoms with Gasteiger partial charge in [-0.15, -0.1) is 0 Å². The van der Waals surface area contributed by atoms with Crippen LogP contribution in [0.2, 0.25) is 0 Å². The zero-order valence-corrected chi connectivity index (χ0v) is 15.8. The van der Waals surface area contributed by atoms with Gasteiger partial charge in [0.1, 0.15) is 22.9 Å². The SMILES string of the molecule is COc1ccc(SSc2ccc(OC)c(N=C=O)c2)cc1N=C=O.N=C=O. The fourth-order valence-electron chi connectivity index (χ4n) is 1.81. The van der Waals surface area contributed by atoms with Gasteiger partial charge in [0.25, 0.3) is 0 Å². The summed E-state index contributed by atoms with van der Waals surface area (Å²) < 4.78 is 10.3. The number of isocyanates is 3. The lowest BCUT2D eigenvalue weighted by atomic mass is 10.3. The molecule has 0 atom stereocenters. The minimum absolute atomic E-state index is 0.416. The van der Waals surface area contributed by atoms with Crippen molar-refractivity contribution in [3.8, 4) is 11.5 Å². The van der Waals surface area contributed by atoms with E-state index < -0.39 is 0 Å². The van der Waals surface area contributed by atoms with Crippen molar-refractivity contribution in [2.75, 3.05) is 14.2 Å². The average Bonchev–Trinajstić information content (AvgIpc) is 2.68. The van der Waals surface area contributed by atoms with Gasteiger partial charge < -0.3 is 9.47 Å². The topological polar surface area (TPSA) is 118 Å². The second kappa shape index (κ2) is 12.3. The predicted octanol–water partition coefficient (Wildman–Crippen LogP) is 4.34. The molecule has 0 spiro atoms. The molecule has 0 fully saturated rings. The Hall–Kier alpha value is -3.12. The van der Waals surface area contributed by atoms with Crippen molar-refractivity contribution in [3.63, 3.8) is 0 Å². The summed E-state index contributed by atoms with van der Waals surface area (Å²) in [6.45, 7) is 0. The Morgan fingerprint density at radius 1 is 0.815 bits per heavy atom. The van der Waals surface area contributed by atoms with Crippen LogP contribution >= 0.6 is 21.6 Å². The van der Waals surface area contributed by atoms with Gasteiger partial charge in [-0.2, -0.15) is 9.98 Å². The highest BCUT2D eigenvalue weighted by Gasteiger charge is 2.07. The summed E-state index contributed by atoms with van der Waals surface area (Å²) in [7, 11) is 5.94. The molecule has 10 heteroatoms. The Kier molecular flexibility index (Phi) is 9.96. The maximum Gasteiger partial charge on any atom is 0.240 e. The van der Waals surface area contributed by atoms with Crippen molar-refractivity contribution in [1.29, 1.82) is 5.41 Å². The van der Waals surface area contributed by atoms with Gasteiger partial charge in [0.05, 0.1) is 14.2 Å². The monoisotopic (exact) mass is 403 g/mol. The summed E-state index contributed by atoms with van der Waals surface area (Å²) in [5, 5.41) is 5.40. The van der Waals surface area contributed by atoms with E-state index >= 15 is 0 Å². The summed E-state index contributed by atoms with van der Waals surface area (Å²) in [5.41, 5.74) is 0.832. The standard InChI is InChI=1S/C16H12N2O4S2.CHNO/c1-21-15-5-3-11(7-13(15)17-9-19)23-24-12-4-6-16(22-2)14(8-12)18-10-20;2-1-3/h3-8H,1-2H3;2H. The predicted molar refractivity (Wildman–Crippen MR) is 102 cm³/mol. The van der Waals surface area contributed by atoms with Crippen LogP contribution in [0.3, 0.4) is 0 Å². The molecule has 27 heavy (non-hydrogen) atoms. The summed E-state index contributed by atoms with van der Waals surface area (Å²) in [5.74, 6) is 1.000. The van der Waals surface area contributed by atoms with Crippen LogP contribution in [0, 0.1) is 5.41 Å². The number of benzene rings is 2. The number of hydrogen-bond acceptors (Lipinski definition) is 10. The van der Waals surface area contributed by atoms with E-state index in [2.05, 4.69) is 9.98 Å². The summed E-state index contributed by atoms with van der Waals surface area (Å²) >= 11 is 0. The molecular formula is C17H13N3O5S2. The molecule has 0 heterocycles. The molecule has 0 bridgehead atoms. The molecule has 0 saturated carbocycles. The molecule has 2 rings (SSSR count). The largest absolute Gasteiger partial charge is 0.494 e. The number of nitrogens with zero attached hydrogens (tertiary/aromatic N) is 2. The fraction of sp³-hybridized carbons (Fsp3) is 0.118. The van der Waals surface area contributed by atoms with Crippen LogP contribution in [0.15, 0.2) is 56.2 Å². The third-order valence-electron chi connectivity index (χ3n) is 2.87. The van der Waals surface area contributed by atoms with E-state index in [9.17, 15) is 9.59 Å². The van der Waals surface area contributed by atoms with Crippen LogP contribution in [0.5, 0.6) is 11.5 Å². The first-order chi connectivity index (χ1) is 13.1. The van der Waals surface area contributed by atoms with Gasteiger partial charge in [0.15, 0.2) is 0 Å². The lowest BCUT2D eigenvalue weighted by Gasteiger charge is -2.07. The van der Waals surface area contributed by atoms with Crippen LogP contribution in [-0.4, -0.2) is 32.5 Å². The number of methoxy groups -OCH3 is 2. The van der Waals surface area contributed by atoms with Gasteiger partial charge in [-0.1, -0.05) is 21.6 Å². The van der Waals surface area contributed by atoms with Crippen LogP contribution in [-0.2, 0) is 14.4 Å². The maximum atomic E-state index is 10.5. The summed E-state index contributed by atoms with van der Waals surface area (Å²) in [4.78, 5) is 38.3. The number of nitrogens with one attached hydrogen (secondary N) is 1. The maximum absolute atomic E-state index is 10.5. The van der Waals surface area contributed by atoms with Gasteiger partial charge >= 0.3 is 0 Å². The molecule has 0 unspecified atom stereocenters. The van der Waals surface area contributed by atoms with Gasteiger partial charge in [-0.3, -0.25) is 0 Å². The molecule has 0 amide bonds. The molecule has 1 N–H and O–H groups in total. The second-order valence-electron chi connectivity index (χ2n) is 4.34. The number of ether oxygens (including phenoxy) is 2. The molecule has 0 aliphatic heterocycles. The van der Waals surface area contributed by atoms with Gasteiger partial charge in [0, 0.05) is 9.79 Å². The van der Waals surface area contributed by atoms with E-state index in [-0.39, 0.29) is 0 Å². The van der Waals surface area contributed by atoms with Gasteiger partial charge in [-0.25, -0.2) is 19.8 Å². The average molecular weight is 403 g/mol. The van der Waals surface area contributed by atoms with Crippen molar-refractivity contribution in [2.24, 2.45) is 9.98 Å². The van der Waals surface area contributed by atoms with Crippen molar-refractivity contribution >= 4 is 51.2 Å². The Bertz CT molecular complexity index is 847. The molecule has 0 aliphatic rings. The van der Waals surface area contributed by atoms with E-state index in [4.69, 9.17) is 19.7 Å². The van der Waals surface area contributed by atoms with Gasteiger partial charge in [-0.05, 0) is 36.4 Å². The Labute approximate surface area is 162 Å². The van der Waals surface area contributed by atoms with Crippen molar-refractivity contribution < 1.29 is 23.9 Å². The highest BCUT2D eigenvalue weighted by Crippen LogP contribution is 2.42. The van der Waals surface area contributed by atoms with Crippen molar-refractivity contribution in [1.82, 2.24) is 0 Å². The van der Waals surface area contributed by atoms with Crippen LogP contribution in [0.1, 0.15) is 0 Å². The first kappa shape index (κ1) is 21.9. The van der Waals surface area contributed by atoms with E-state index in [1.165, 1.54) is 48.0 Å². The molecular weight excluding hydrogens is 390 g/mol. The first-order valence-corrected chi connectivity index (χ1v) is 9.18. The number of aliphatic imine (C=N–C) groups is 2. The molecule has 2 aromatic rings. The van der Waals surface area contributed by atoms with E-state index in [1.54, 1.807) is 24.3 Å². The Morgan fingerprint density at radius 2 is 1.19 bits per heavy atom. The summed E-state index contributed by atoms with van der Waals surface area (Å²) in [6.07, 6.45) is 3.77. The third kappa shape index (κ3) is 6.95. The van der Waals surface area contributed by atoms with Crippen molar-refractivity contribution in [2.45, 2.75) is 9.79 Å². The quantitative estimate of drug-likeness (QED) is 0.415. The zero-order chi connectivity index (χ0) is 20.1. The molecule has 8 nitrogen and oxygen atoms in total. The highest BCUT2D eigenvalue weighted by atomic mass is 33.1. The lowest BCUT2D eigenvalue weighted by molar-refractivity contribution is 0.415. The normalized spacial score (nSPS) is 8.81. The van der Waals surface area contributed by atoms with Crippen LogP contribution < -0.4 is 9.47 Å². The smallest absolute Gasteiger partial charge is 0.240 e. The van der Waals surface area contributed by atoms with Gasteiger partial charge in [0.2, 0.25) is 18.2 Å². The summed E-state index contributed by atoms with van der Waals surface area (Å²) in [6, 6.07) is 10.6. The zero-order valence-electron chi connectivity index (χ0n) is 14.2. The number of rotatable bonds is 7. The molecule has 0 saturated heterocycles. The molecule has 0 aromatic heterocycles.